The molecule has 0 N–H and O–H groups in total. The van der Waals surface area contributed by atoms with Crippen molar-refractivity contribution in [2.24, 2.45) is 0 Å². The lowest BCUT2D eigenvalue weighted by molar-refractivity contribution is 0.327. The Labute approximate surface area is 156 Å². The molecule has 6 nitrogen and oxygen atoms in total. The van der Waals surface area contributed by atoms with Crippen molar-refractivity contribution >= 4 is 45.9 Å². The van der Waals surface area contributed by atoms with Crippen LogP contribution in [0.5, 0.6) is 0 Å². The third kappa shape index (κ3) is 3.63. The van der Waals surface area contributed by atoms with Gasteiger partial charge < -0.3 is 9.80 Å². The lowest BCUT2D eigenvalue weighted by Gasteiger charge is -2.24. The number of hydrogen-bond donors (Lipinski definition) is 0. The summed E-state index contributed by atoms with van der Waals surface area (Å²) in [5.41, 5.74) is 0.0960. The first-order valence-electron chi connectivity index (χ1n) is 6.85. The molecule has 2 aromatic heterocycles. The highest BCUT2D eigenvalue weighted by Crippen LogP contribution is 2.29. The quantitative estimate of drug-likeness (QED) is 0.735. The minimum Gasteiger partial charge on any atom is -0.350 e. The molecule has 1 aliphatic rings. The van der Waals surface area contributed by atoms with Crippen LogP contribution in [0.15, 0.2) is 23.8 Å². The highest BCUT2D eigenvalue weighted by atomic mass is 35.5. The van der Waals surface area contributed by atoms with Gasteiger partial charge in [0.1, 0.15) is 18.0 Å². The first-order valence-corrected chi connectivity index (χ1v) is 9.24. The van der Waals surface area contributed by atoms with E-state index in [1.54, 1.807) is 12.4 Å². The summed E-state index contributed by atoms with van der Waals surface area (Å²) in [5, 5.41) is 18.6. The minimum atomic E-state index is 0.0960. The molecule has 0 unspecified atom stereocenters. The van der Waals surface area contributed by atoms with Crippen LogP contribution >= 0.6 is 45.9 Å². The second-order valence-electron chi connectivity index (χ2n) is 4.92. The standard InChI is InChI=1S/C14H10Cl2N6S2/c15-13-19-5-10(23-13)7-21-1-2-22(12(21)9(3-17)4-18)8-11-6-20-14(16)24-11/h5-6H,1-2,7-8H2. The highest BCUT2D eigenvalue weighted by molar-refractivity contribution is 7.16. The number of allylic oxidation sites excluding steroid dienone is 1. The molecule has 0 atom stereocenters. The zero-order valence-corrected chi connectivity index (χ0v) is 15.4. The maximum Gasteiger partial charge on any atom is 0.183 e. The molecule has 2 aromatic rings. The smallest absolute Gasteiger partial charge is 0.183 e. The van der Waals surface area contributed by atoms with Crippen LogP contribution in [0.1, 0.15) is 9.75 Å². The van der Waals surface area contributed by atoms with Crippen LogP contribution in [0.25, 0.3) is 0 Å². The van der Waals surface area contributed by atoms with E-state index in [1.807, 2.05) is 21.9 Å². The average Bonchev–Trinajstić information content (AvgIpc) is 3.25. The zero-order chi connectivity index (χ0) is 17.1. The SMILES string of the molecule is N#CC(C#N)=C1N(Cc2cnc(Cl)s2)CCN1Cc1cnc(Cl)s1. The predicted octanol–water partition coefficient (Wildman–Crippen LogP) is 3.48. The summed E-state index contributed by atoms with van der Waals surface area (Å²) in [6.07, 6.45) is 3.43. The van der Waals surface area contributed by atoms with E-state index < -0.39 is 0 Å². The summed E-state index contributed by atoms with van der Waals surface area (Å²) in [6.45, 7) is 2.55. The molecule has 3 rings (SSSR count). The zero-order valence-electron chi connectivity index (χ0n) is 12.2. The van der Waals surface area contributed by atoms with E-state index in [1.165, 1.54) is 22.7 Å². The molecule has 0 bridgehead atoms. The maximum atomic E-state index is 9.32. The summed E-state index contributed by atoms with van der Waals surface area (Å²) >= 11 is 14.5. The maximum absolute atomic E-state index is 9.32. The van der Waals surface area contributed by atoms with Gasteiger partial charge in [0, 0.05) is 35.2 Å². The third-order valence-corrected chi connectivity index (χ3v) is 5.63. The molecule has 3 heterocycles. The van der Waals surface area contributed by atoms with Gasteiger partial charge >= 0.3 is 0 Å². The van der Waals surface area contributed by atoms with Crippen molar-refractivity contribution in [3.8, 4) is 12.1 Å². The summed E-state index contributed by atoms with van der Waals surface area (Å²) in [4.78, 5) is 14.0. The molecular formula is C14H10Cl2N6S2. The Morgan fingerprint density at radius 2 is 1.46 bits per heavy atom. The van der Waals surface area contributed by atoms with Crippen LogP contribution in [0.2, 0.25) is 8.93 Å². The van der Waals surface area contributed by atoms with Crippen LogP contribution in [-0.4, -0.2) is 32.9 Å². The lowest BCUT2D eigenvalue weighted by atomic mass is 10.3. The van der Waals surface area contributed by atoms with Gasteiger partial charge in [-0.15, -0.1) is 22.7 Å². The van der Waals surface area contributed by atoms with Gasteiger partial charge in [-0.05, 0) is 0 Å². The molecule has 1 fully saturated rings. The summed E-state index contributed by atoms with van der Waals surface area (Å²) in [6, 6.07) is 3.99. The van der Waals surface area contributed by atoms with Crippen molar-refractivity contribution in [3.63, 3.8) is 0 Å². The second kappa shape index (κ2) is 7.37. The Morgan fingerprint density at radius 1 is 1.00 bits per heavy atom. The molecule has 122 valence electrons. The molecule has 1 saturated heterocycles. The normalized spacial score (nSPS) is 13.9. The topological polar surface area (TPSA) is 79.8 Å². The first-order chi connectivity index (χ1) is 11.6. The van der Waals surface area contributed by atoms with E-state index in [0.29, 0.717) is 40.9 Å². The molecule has 0 amide bonds. The van der Waals surface area contributed by atoms with Crippen LogP contribution in [0.4, 0.5) is 0 Å². The molecule has 0 aromatic carbocycles. The van der Waals surface area contributed by atoms with Crippen molar-refractivity contribution in [1.82, 2.24) is 19.8 Å². The fourth-order valence-corrected chi connectivity index (χ4v) is 4.48. The summed E-state index contributed by atoms with van der Waals surface area (Å²) in [5.74, 6) is 0.633. The minimum absolute atomic E-state index is 0.0960. The van der Waals surface area contributed by atoms with Crippen LogP contribution in [0.3, 0.4) is 0 Å². The lowest BCUT2D eigenvalue weighted by Crippen LogP contribution is -2.24. The fraction of sp³-hybridized carbons (Fsp3) is 0.286. The molecule has 0 radical (unpaired) electrons. The van der Waals surface area contributed by atoms with E-state index in [2.05, 4.69) is 9.97 Å². The summed E-state index contributed by atoms with van der Waals surface area (Å²) < 4.78 is 0.957. The van der Waals surface area contributed by atoms with Crippen molar-refractivity contribution in [3.05, 3.63) is 42.5 Å². The van der Waals surface area contributed by atoms with Gasteiger partial charge in [0.25, 0.3) is 0 Å². The van der Waals surface area contributed by atoms with Gasteiger partial charge in [0.15, 0.2) is 14.5 Å². The molecule has 0 saturated carbocycles. The molecule has 0 aliphatic carbocycles. The number of nitriles is 2. The van der Waals surface area contributed by atoms with Gasteiger partial charge in [-0.2, -0.15) is 10.5 Å². The Kier molecular flexibility index (Phi) is 5.22. The molecule has 24 heavy (non-hydrogen) atoms. The molecular weight excluding hydrogens is 387 g/mol. The Bertz CT molecular complexity index is 791. The van der Waals surface area contributed by atoms with Crippen LogP contribution < -0.4 is 0 Å². The van der Waals surface area contributed by atoms with Crippen molar-refractivity contribution < 1.29 is 0 Å². The molecule has 1 aliphatic heterocycles. The Balaban J connectivity index is 1.86. The van der Waals surface area contributed by atoms with Gasteiger partial charge in [0.2, 0.25) is 0 Å². The number of hydrogen-bond acceptors (Lipinski definition) is 8. The largest absolute Gasteiger partial charge is 0.350 e. The third-order valence-electron chi connectivity index (χ3n) is 3.43. The van der Waals surface area contributed by atoms with E-state index >= 15 is 0 Å². The van der Waals surface area contributed by atoms with E-state index in [9.17, 15) is 10.5 Å². The van der Waals surface area contributed by atoms with E-state index in [-0.39, 0.29) is 5.57 Å². The number of thiazole rings is 2. The number of nitrogens with zero attached hydrogens (tertiary/aromatic N) is 6. The van der Waals surface area contributed by atoms with Gasteiger partial charge in [0.05, 0.1) is 13.1 Å². The molecule has 10 heteroatoms. The van der Waals surface area contributed by atoms with E-state index in [4.69, 9.17) is 23.2 Å². The average molecular weight is 397 g/mol. The first kappa shape index (κ1) is 17.0. The summed E-state index contributed by atoms with van der Waals surface area (Å²) in [7, 11) is 0. The number of halogens is 2. The Morgan fingerprint density at radius 3 is 1.79 bits per heavy atom. The van der Waals surface area contributed by atoms with Crippen LogP contribution in [0, 0.1) is 22.7 Å². The second-order valence-corrected chi connectivity index (χ2v) is 8.32. The van der Waals surface area contributed by atoms with Gasteiger partial charge in [-0.1, -0.05) is 23.2 Å². The van der Waals surface area contributed by atoms with Crippen molar-refractivity contribution in [1.29, 1.82) is 10.5 Å². The van der Waals surface area contributed by atoms with Crippen LogP contribution in [-0.2, 0) is 13.1 Å². The number of aromatic nitrogens is 2. The predicted molar refractivity (Wildman–Crippen MR) is 93.3 cm³/mol. The van der Waals surface area contributed by atoms with Gasteiger partial charge in [-0.25, -0.2) is 9.97 Å². The fourth-order valence-electron chi connectivity index (χ4n) is 2.49. The van der Waals surface area contributed by atoms with E-state index in [0.717, 1.165) is 9.75 Å². The Hall–Kier alpha value is -1.84. The van der Waals surface area contributed by atoms with Gasteiger partial charge in [-0.3, -0.25) is 0 Å². The van der Waals surface area contributed by atoms with Crippen molar-refractivity contribution in [2.75, 3.05) is 13.1 Å². The highest BCUT2D eigenvalue weighted by Gasteiger charge is 2.29. The number of rotatable bonds is 4. The molecule has 0 spiro atoms. The van der Waals surface area contributed by atoms with Crippen molar-refractivity contribution in [2.45, 2.75) is 13.1 Å². The monoisotopic (exact) mass is 396 g/mol.